The number of hydrogen-bond acceptors (Lipinski definition) is 2. The van der Waals surface area contributed by atoms with Crippen LogP contribution in [0.4, 0.5) is 0 Å². The summed E-state index contributed by atoms with van der Waals surface area (Å²) in [5, 5.41) is -0.273. The monoisotopic (exact) mass is 237 g/mol. The van der Waals surface area contributed by atoms with Gasteiger partial charge < -0.3 is 0 Å². The summed E-state index contributed by atoms with van der Waals surface area (Å²) in [6, 6.07) is 0. The molecule has 14 heavy (non-hydrogen) atoms. The minimum Gasteiger partial charge on any atom is -0.211 e. The van der Waals surface area contributed by atoms with Gasteiger partial charge in [-0.15, -0.1) is 11.6 Å². The van der Waals surface area contributed by atoms with Gasteiger partial charge in [-0.3, -0.25) is 0 Å². The van der Waals surface area contributed by atoms with E-state index < -0.39 is 10.0 Å². The van der Waals surface area contributed by atoms with Crippen LogP contribution in [0.5, 0.6) is 0 Å². The highest BCUT2D eigenvalue weighted by atomic mass is 35.5. The Balaban J connectivity index is 2.09. The lowest BCUT2D eigenvalue weighted by atomic mass is 10.0. The molecule has 0 radical (unpaired) electrons. The van der Waals surface area contributed by atoms with Gasteiger partial charge in [0.05, 0.1) is 0 Å². The Bertz CT molecular complexity index is 304. The fourth-order valence-corrected chi connectivity index (χ4v) is 4.01. The summed E-state index contributed by atoms with van der Waals surface area (Å²) in [6.45, 7) is 1.38. The summed E-state index contributed by atoms with van der Waals surface area (Å²) in [6.07, 6.45) is 4.72. The zero-order valence-corrected chi connectivity index (χ0v) is 9.73. The molecule has 0 aromatic heterocycles. The van der Waals surface area contributed by atoms with Gasteiger partial charge in [-0.1, -0.05) is 6.42 Å². The first-order chi connectivity index (χ1) is 6.62. The first-order valence-corrected chi connectivity index (χ1v) is 7.30. The lowest BCUT2D eigenvalue weighted by Gasteiger charge is -2.22. The molecule has 2 unspecified atom stereocenters. The van der Waals surface area contributed by atoms with Gasteiger partial charge in [0.15, 0.2) is 0 Å². The molecule has 0 aromatic carbocycles. The highest BCUT2D eigenvalue weighted by Crippen LogP contribution is 2.37. The second kappa shape index (κ2) is 3.99. The van der Waals surface area contributed by atoms with Gasteiger partial charge in [0.1, 0.15) is 5.21 Å². The number of halogens is 1. The summed E-state index contributed by atoms with van der Waals surface area (Å²) in [5.74, 6) is 1.34. The highest BCUT2D eigenvalue weighted by molar-refractivity contribution is 7.90. The molecule has 1 aliphatic heterocycles. The lowest BCUT2D eigenvalue weighted by Crippen LogP contribution is -2.35. The fraction of sp³-hybridized carbons (Fsp3) is 1.00. The second-order valence-corrected chi connectivity index (χ2v) is 6.97. The van der Waals surface area contributed by atoms with Crippen LogP contribution in [0.1, 0.15) is 25.7 Å². The van der Waals surface area contributed by atoms with E-state index in [-0.39, 0.29) is 5.21 Å². The van der Waals surface area contributed by atoms with Crippen LogP contribution in [0.3, 0.4) is 0 Å². The molecule has 3 nitrogen and oxygen atoms in total. The molecule has 82 valence electrons. The van der Waals surface area contributed by atoms with Crippen molar-refractivity contribution < 1.29 is 8.42 Å². The van der Waals surface area contributed by atoms with E-state index in [0.29, 0.717) is 19.0 Å². The first-order valence-electron chi connectivity index (χ1n) is 5.15. The van der Waals surface area contributed by atoms with Crippen LogP contribution in [0.25, 0.3) is 0 Å². The maximum Gasteiger partial charge on any atom is 0.228 e. The third kappa shape index (κ3) is 2.07. The predicted octanol–water partition coefficient (Wildman–Crippen LogP) is 1.63. The number of alkyl halides is 1. The molecule has 2 rings (SSSR count). The molecule has 2 fully saturated rings. The van der Waals surface area contributed by atoms with Crippen molar-refractivity contribution in [3.63, 3.8) is 0 Å². The van der Waals surface area contributed by atoms with Gasteiger partial charge in [-0.25, -0.2) is 12.7 Å². The van der Waals surface area contributed by atoms with Crippen LogP contribution in [0.15, 0.2) is 0 Å². The molecule has 5 heteroatoms. The topological polar surface area (TPSA) is 37.4 Å². The van der Waals surface area contributed by atoms with Crippen molar-refractivity contribution in [1.29, 1.82) is 0 Å². The Kier molecular flexibility index (Phi) is 3.05. The molecule has 1 heterocycles. The number of sulfonamides is 1. The van der Waals surface area contributed by atoms with Crippen LogP contribution in [0, 0.1) is 11.8 Å². The quantitative estimate of drug-likeness (QED) is 0.685. The largest absolute Gasteiger partial charge is 0.228 e. The van der Waals surface area contributed by atoms with Crippen molar-refractivity contribution in [1.82, 2.24) is 4.31 Å². The first kappa shape index (κ1) is 10.7. The third-order valence-electron chi connectivity index (χ3n) is 3.43. The molecule has 0 amide bonds. The molecule has 1 saturated heterocycles. The molecule has 0 spiro atoms. The van der Waals surface area contributed by atoms with Crippen molar-refractivity contribution in [2.45, 2.75) is 25.7 Å². The van der Waals surface area contributed by atoms with Crippen LogP contribution in [-0.2, 0) is 10.0 Å². The Labute approximate surface area is 90.5 Å². The van der Waals surface area contributed by atoms with E-state index in [1.165, 1.54) is 19.3 Å². The van der Waals surface area contributed by atoms with E-state index in [1.54, 1.807) is 4.31 Å². The Morgan fingerprint density at radius 2 is 1.93 bits per heavy atom. The number of hydrogen-bond donors (Lipinski definition) is 0. The normalized spacial score (nSPS) is 34.4. The average Bonchev–Trinajstić information content (AvgIpc) is 2.45. The molecular formula is C9H16ClNO2S. The fourth-order valence-electron chi connectivity index (χ4n) is 2.63. The van der Waals surface area contributed by atoms with E-state index in [2.05, 4.69) is 0 Å². The third-order valence-corrected chi connectivity index (χ3v) is 5.65. The van der Waals surface area contributed by atoms with E-state index in [1.807, 2.05) is 0 Å². The van der Waals surface area contributed by atoms with Gasteiger partial charge in [0, 0.05) is 13.1 Å². The van der Waals surface area contributed by atoms with Crippen LogP contribution in [0.2, 0.25) is 0 Å². The molecule has 2 atom stereocenters. The summed E-state index contributed by atoms with van der Waals surface area (Å²) in [5.41, 5.74) is 0. The van der Waals surface area contributed by atoms with Crippen LogP contribution in [-0.4, -0.2) is 31.0 Å². The standard InChI is InChI=1S/C9H16ClNO2S/c10-7-14(12,13)11-4-3-8-1-2-9(5-8)6-11/h8-9H,1-7H2. The molecular weight excluding hydrogens is 222 g/mol. The molecule has 2 aliphatic rings. The zero-order valence-electron chi connectivity index (χ0n) is 8.15. The van der Waals surface area contributed by atoms with E-state index in [0.717, 1.165) is 12.3 Å². The molecule has 0 N–H and O–H groups in total. The van der Waals surface area contributed by atoms with E-state index in [9.17, 15) is 8.42 Å². The summed E-state index contributed by atoms with van der Waals surface area (Å²) >= 11 is 5.45. The summed E-state index contributed by atoms with van der Waals surface area (Å²) in [4.78, 5) is 0. The molecule has 1 saturated carbocycles. The van der Waals surface area contributed by atoms with Gasteiger partial charge in [0.2, 0.25) is 10.0 Å². The Morgan fingerprint density at radius 3 is 2.64 bits per heavy atom. The predicted molar refractivity (Wildman–Crippen MR) is 56.7 cm³/mol. The molecule has 2 bridgehead atoms. The summed E-state index contributed by atoms with van der Waals surface area (Å²) < 4.78 is 24.7. The number of nitrogens with zero attached hydrogens (tertiary/aromatic N) is 1. The van der Waals surface area contributed by atoms with Crippen molar-refractivity contribution in [2.24, 2.45) is 11.8 Å². The minimum atomic E-state index is -3.17. The lowest BCUT2D eigenvalue weighted by molar-refractivity contribution is 0.353. The van der Waals surface area contributed by atoms with Crippen LogP contribution < -0.4 is 0 Å². The Morgan fingerprint density at radius 1 is 1.21 bits per heavy atom. The van der Waals surface area contributed by atoms with Crippen LogP contribution >= 0.6 is 11.6 Å². The van der Waals surface area contributed by atoms with Gasteiger partial charge in [-0.05, 0) is 31.1 Å². The minimum absolute atomic E-state index is 0.273. The van der Waals surface area contributed by atoms with E-state index in [4.69, 9.17) is 11.6 Å². The smallest absolute Gasteiger partial charge is 0.211 e. The SMILES string of the molecule is O=S(=O)(CCl)N1CCC2CCC(C2)C1. The van der Waals surface area contributed by atoms with Crippen molar-refractivity contribution in [3.05, 3.63) is 0 Å². The highest BCUT2D eigenvalue weighted by Gasteiger charge is 2.34. The zero-order chi connectivity index (χ0) is 10.2. The number of rotatable bonds is 2. The summed E-state index contributed by atoms with van der Waals surface area (Å²) in [7, 11) is -3.17. The van der Waals surface area contributed by atoms with Crippen molar-refractivity contribution >= 4 is 21.6 Å². The van der Waals surface area contributed by atoms with Gasteiger partial charge in [0.25, 0.3) is 0 Å². The maximum atomic E-state index is 11.6. The molecule has 0 aromatic rings. The van der Waals surface area contributed by atoms with E-state index >= 15 is 0 Å². The Hall–Kier alpha value is 0.200. The molecule has 1 aliphatic carbocycles. The van der Waals surface area contributed by atoms with Crippen molar-refractivity contribution in [2.75, 3.05) is 18.3 Å². The maximum absolute atomic E-state index is 11.6. The van der Waals surface area contributed by atoms with Gasteiger partial charge in [-0.2, -0.15) is 0 Å². The average molecular weight is 238 g/mol. The van der Waals surface area contributed by atoms with Gasteiger partial charge >= 0.3 is 0 Å². The van der Waals surface area contributed by atoms with Crippen molar-refractivity contribution in [3.8, 4) is 0 Å². The number of fused-ring (bicyclic) bond motifs is 2. The second-order valence-electron chi connectivity index (χ2n) is 4.41.